The second-order valence-corrected chi connectivity index (χ2v) is 8.36. The van der Waals surface area contributed by atoms with Gasteiger partial charge in [0.2, 0.25) is 0 Å². The summed E-state index contributed by atoms with van der Waals surface area (Å²) in [5.74, 6) is 0. The number of piperazine rings is 1. The fraction of sp³-hybridized carbons (Fsp3) is 0.304. The van der Waals surface area contributed by atoms with E-state index < -0.39 is 0 Å². The average molecular weight is 407 g/mol. The van der Waals surface area contributed by atoms with Gasteiger partial charge in [0.25, 0.3) is 0 Å². The zero-order valence-corrected chi connectivity index (χ0v) is 17.9. The van der Waals surface area contributed by atoms with E-state index in [1.54, 1.807) is 0 Å². The summed E-state index contributed by atoms with van der Waals surface area (Å²) in [6.45, 7) is 9.38. The standard InChI is InChI=1S/C23H26N4OS/c1-16-12-17(2)14-20(13-16)26-8-10-27(11-9-26)23(28)29-25-22-15-19-6-4-5-7-21(19)24-18(22)3/h4-7,12-15,25H,8-11H2,1-3H3. The number of aromatic nitrogens is 1. The van der Waals surface area contributed by atoms with Gasteiger partial charge in [-0.1, -0.05) is 24.3 Å². The Hall–Kier alpha value is -2.73. The molecule has 3 aromatic rings. The van der Waals surface area contributed by atoms with Crippen LogP contribution in [0.4, 0.5) is 16.2 Å². The first kappa shape index (κ1) is 19.6. The van der Waals surface area contributed by atoms with Gasteiger partial charge in [0, 0.05) is 49.2 Å². The predicted octanol–water partition coefficient (Wildman–Crippen LogP) is 5.16. The van der Waals surface area contributed by atoms with Crippen LogP contribution in [0.5, 0.6) is 0 Å². The van der Waals surface area contributed by atoms with Crippen molar-refractivity contribution in [1.82, 2.24) is 9.88 Å². The van der Waals surface area contributed by atoms with Gasteiger partial charge >= 0.3 is 5.24 Å². The number of carbonyl (C=O) groups excluding carboxylic acids is 1. The number of carbonyl (C=O) groups is 1. The second-order valence-electron chi connectivity index (χ2n) is 7.60. The lowest BCUT2D eigenvalue weighted by molar-refractivity contribution is 0.219. The molecule has 4 rings (SSSR count). The zero-order valence-electron chi connectivity index (χ0n) is 17.1. The molecule has 0 spiro atoms. The average Bonchev–Trinajstić information content (AvgIpc) is 2.71. The first-order chi connectivity index (χ1) is 14.0. The van der Waals surface area contributed by atoms with Crippen LogP contribution in [-0.2, 0) is 0 Å². The molecule has 1 saturated heterocycles. The maximum absolute atomic E-state index is 12.7. The van der Waals surface area contributed by atoms with E-state index in [9.17, 15) is 4.79 Å². The van der Waals surface area contributed by atoms with Crippen LogP contribution in [-0.4, -0.2) is 41.3 Å². The molecule has 1 amide bonds. The van der Waals surface area contributed by atoms with Crippen LogP contribution >= 0.6 is 11.9 Å². The Bertz CT molecular complexity index is 1020. The van der Waals surface area contributed by atoms with Gasteiger partial charge in [-0.05, 0) is 56.2 Å². The lowest BCUT2D eigenvalue weighted by atomic mass is 10.1. The summed E-state index contributed by atoms with van der Waals surface area (Å²) in [6, 6.07) is 16.7. The van der Waals surface area contributed by atoms with Crippen LogP contribution in [0.3, 0.4) is 0 Å². The number of anilines is 2. The van der Waals surface area contributed by atoms with Crippen molar-refractivity contribution >= 4 is 39.5 Å². The third-order valence-electron chi connectivity index (χ3n) is 5.27. The van der Waals surface area contributed by atoms with Gasteiger partial charge in [0.15, 0.2) is 0 Å². The van der Waals surface area contributed by atoms with Gasteiger partial charge in [-0.15, -0.1) is 0 Å². The molecule has 6 heteroatoms. The molecule has 0 atom stereocenters. The summed E-state index contributed by atoms with van der Waals surface area (Å²) in [5.41, 5.74) is 6.54. The SMILES string of the molecule is Cc1cc(C)cc(N2CCN(C(=O)SNc3cc4ccccc4nc3C)CC2)c1. The van der Waals surface area contributed by atoms with E-state index in [2.05, 4.69) is 52.7 Å². The largest absolute Gasteiger partial charge is 0.368 e. The van der Waals surface area contributed by atoms with Crippen molar-refractivity contribution in [1.29, 1.82) is 0 Å². The Balaban J connectivity index is 1.35. The summed E-state index contributed by atoms with van der Waals surface area (Å²) < 4.78 is 3.21. The number of benzene rings is 2. The topological polar surface area (TPSA) is 48.5 Å². The molecule has 2 heterocycles. The van der Waals surface area contributed by atoms with E-state index in [0.29, 0.717) is 0 Å². The quantitative estimate of drug-likeness (QED) is 0.609. The lowest BCUT2D eigenvalue weighted by Crippen LogP contribution is -2.47. The molecule has 0 aliphatic carbocycles. The van der Waals surface area contributed by atoms with Gasteiger partial charge in [-0.25, -0.2) is 0 Å². The molecule has 0 unspecified atom stereocenters. The number of nitrogens with zero attached hydrogens (tertiary/aromatic N) is 3. The van der Waals surface area contributed by atoms with Crippen molar-refractivity contribution in [2.24, 2.45) is 0 Å². The Kier molecular flexibility index (Phi) is 5.62. The first-order valence-electron chi connectivity index (χ1n) is 9.91. The van der Waals surface area contributed by atoms with E-state index in [1.165, 1.54) is 16.8 Å². The zero-order chi connectivity index (χ0) is 20.4. The highest BCUT2D eigenvalue weighted by atomic mass is 32.2. The van der Waals surface area contributed by atoms with E-state index in [0.717, 1.165) is 60.4 Å². The van der Waals surface area contributed by atoms with Crippen LogP contribution in [0, 0.1) is 20.8 Å². The van der Waals surface area contributed by atoms with Crippen molar-refractivity contribution in [3.8, 4) is 0 Å². The van der Waals surface area contributed by atoms with Gasteiger partial charge in [-0.3, -0.25) is 9.78 Å². The highest BCUT2D eigenvalue weighted by Crippen LogP contribution is 2.25. The number of hydrogen-bond donors (Lipinski definition) is 1. The molecule has 1 fully saturated rings. The Morgan fingerprint density at radius 3 is 2.38 bits per heavy atom. The normalized spacial score (nSPS) is 14.3. The van der Waals surface area contributed by atoms with Crippen LogP contribution in [0.1, 0.15) is 16.8 Å². The van der Waals surface area contributed by atoms with Crippen LogP contribution in [0.25, 0.3) is 10.9 Å². The predicted molar refractivity (Wildman–Crippen MR) is 123 cm³/mol. The van der Waals surface area contributed by atoms with Crippen LogP contribution < -0.4 is 9.62 Å². The van der Waals surface area contributed by atoms with Crippen LogP contribution in [0.15, 0.2) is 48.5 Å². The smallest absolute Gasteiger partial charge is 0.302 e. The Morgan fingerprint density at radius 1 is 0.966 bits per heavy atom. The minimum Gasteiger partial charge on any atom is -0.368 e. The molecule has 29 heavy (non-hydrogen) atoms. The molecule has 0 radical (unpaired) electrons. The van der Waals surface area contributed by atoms with E-state index in [-0.39, 0.29) is 5.24 Å². The van der Waals surface area contributed by atoms with E-state index >= 15 is 0 Å². The van der Waals surface area contributed by atoms with Gasteiger partial charge in [-0.2, -0.15) is 0 Å². The van der Waals surface area contributed by atoms with Gasteiger partial charge < -0.3 is 14.5 Å². The summed E-state index contributed by atoms with van der Waals surface area (Å²) in [6.07, 6.45) is 0. The molecule has 150 valence electrons. The third kappa shape index (κ3) is 4.48. The van der Waals surface area contributed by atoms with Gasteiger partial charge in [0.1, 0.15) is 0 Å². The molecular formula is C23H26N4OS. The van der Waals surface area contributed by atoms with Gasteiger partial charge in [0.05, 0.1) is 16.9 Å². The Labute approximate surface area is 176 Å². The lowest BCUT2D eigenvalue weighted by Gasteiger charge is -2.36. The molecule has 0 bridgehead atoms. The monoisotopic (exact) mass is 406 g/mol. The summed E-state index contributed by atoms with van der Waals surface area (Å²) in [4.78, 5) is 21.6. The molecule has 0 saturated carbocycles. The van der Waals surface area contributed by atoms with Crippen molar-refractivity contribution in [2.45, 2.75) is 20.8 Å². The molecule has 1 N–H and O–H groups in total. The van der Waals surface area contributed by atoms with Crippen molar-refractivity contribution in [3.63, 3.8) is 0 Å². The van der Waals surface area contributed by atoms with Crippen molar-refractivity contribution < 1.29 is 4.79 Å². The molecule has 1 aliphatic heterocycles. The number of aryl methyl sites for hydroxylation is 3. The number of rotatable bonds is 3. The first-order valence-corrected chi connectivity index (χ1v) is 10.7. The van der Waals surface area contributed by atoms with E-state index in [4.69, 9.17) is 0 Å². The molecule has 2 aromatic carbocycles. The highest BCUT2D eigenvalue weighted by Gasteiger charge is 2.22. The second kappa shape index (κ2) is 8.33. The molecule has 1 aliphatic rings. The Morgan fingerprint density at radius 2 is 1.66 bits per heavy atom. The third-order valence-corrected chi connectivity index (χ3v) is 6.03. The number of hydrogen-bond acceptors (Lipinski definition) is 5. The number of pyridine rings is 1. The number of nitrogens with one attached hydrogen (secondary N) is 1. The molecule has 5 nitrogen and oxygen atoms in total. The molecule has 1 aromatic heterocycles. The summed E-state index contributed by atoms with van der Waals surface area (Å²) in [5, 5.41) is 1.12. The minimum absolute atomic E-state index is 0.0534. The highest BCUT2D eigenvalue weighted by molar-refractivity contribution is 8.14. The summed E-state index contributed by atoms with van der Waals surface area (Å²) in [7, 11) is 0. The van der Waals surface area contributed by atoms with Crippen LogP contribution in [0.2, 0.25) is 0 Å². The maximum atomic E-state index is 12.7. The fourth-order valence-electron chi connectivity index (χ4n) is 3.76. The van der Waals surface area contributed by atoms with Crippen molar-refractivity contribution in [3.05, 3.63) is 65.4 Å². The minimum atomic E-state index is 0.0534. The van der Waals surface area contributed by atoms with E-state index in [1.807, 2.05) is 36.1 Å². The maximum Gasteiger partial charge on any atom is 0.302 e. The number of amides is 1. The summed E-state index contributed by atoms with van der Waals surface area (Å²) >= 11 is 1.14. The fourth-order valence-corrected chi connectivity index (χ4v) is 4.47. The number of para-hydroxylation sites is 1. The number of fused-ring (bicyclic) bond motifs is 1. The van der Waals surface area contributed by atoms with Crippen molar-refractivity contribution in [2.75, 3.05) is 35.8 Å². The molecular weight excluding hydrogens is 380 g/mol.